The van der Waals surface area contributed by atoms with E-state index in [1.807, 2.05) is 4.90 Å². The van der Waals surface area contributed by atoms with Gasteiger partial charge in [-0.3, -0.25) is 14.5 Å². The molecule has 0 spiro atoms. The van der Waals surface area contributed by atoms with Gasteiger partial charge in [0.2, 0.25) is 5.91 Å². The maximum absolute atomic E-state index is 13.6. The van der Waals surface area contributed by atoms with Crippen molar-refractivity contribution < 1.29 is 18.7 Å². The summed E-state index contributed by atoms with van der Waals surface area (Å²) in [5.41, 5.74) is 0.372. The number of hydrogen-bond donors (Lipinski definition) is 2. The number of fused-ring (bicyclic) bond motifs is 2. The molecule has 2 aliphatic heterocycles. The highest BCUT2D eigenvalue weighted by atomic mass is 35.5. The van der Waals surface area contributed by atoms with Gasteiger partial charge in [0.15, 0.2) is 0 Å². The number of methoxy groups -OCH3 is 1. The van der Waals surface area contributed by atoms with E-state index in [0.717, 1.165) is 25.8 Å². The van der Waals surface area contributed by atoms with Crippen LogP contribution in [0.3, 0.4) is 0 Å². The SMILES string of the molecule is COC1CC(C)C2NC3CCN(CC(=O)Nc4ccc(Cl)c(F)c4)CC3C(=O)C2C1. The van der Waals surface area contributed by atoms with Crippen LogP contribution in [-0.2, 0) is 14.3 Å². The van der Waals surface area contributed by atoms with E-state index in [2.05, 4.69) is 17.6 Å². The molecule has 1 amide bonds. The second-order valence-electron chi connectivity index (χ2n) is 8.92. The van der Waals surface area contributed by atoms with Crippen LogP contribution in [0.4, 0.5) is 10.1 Å². The molecule has 1 aromatic carbocycles. The molecule has 1 aromatic rings. The first-order valence-corrected chi connectivity index (χ1v) is 11.0. The summed E-state index contributed by atoms with van der Waals surface area (Å²) in [6.07, 6.45) is 2.72. The molecule has 30 heavy (non-hydrogen) atoms. The number of nitrogens with one attached hydrogen (secondary N) is 2. The molecule has 8 heteroatoms. The van der Waals surface area contributed by atoms with Gasteiger partial charge in [-0.05, 0) is 43.4 Å². The molecule has 3 fully saturated rings. The Morgan fingerprint density at radius 2 is 2.17 bits per heavy atom. The number of ketones is 1. The zero-order valence-corrected chi connectivity index (χ0v) is 18.1. The van der Waals surface area contributed by atoms with Crippen molar-refractivity contribution in [2.75, 3.05) is 32.1 Å². The van der Waals surface area contributed by atoms with Gasteiger partial charge in [0.05, 0.1) is 17.7 Å². The first-order chi connectivity index (χ1) is 14.4. The van der Waals surface area contributed by atoms with E-state index in [4.69, 9.17) is 16.3 Å². The minimum Gasteiger partial charge on any atom is -0.381 e. The van der Waals surface area contributed by atoms with E-state index >= 15 is 0 Å². The van der Waals surface area contributed by atoms with Gasteiger partial charge in [-0.2, -0.15) is 0 Å². The summed E-state index contributed by atoms with van der Waals surface area (Å²) in [6, 6.07) is 4.59. The number of halogens is 2. The number of Topliss-reactive ketones (excluding diaryl/α,β-unsaturated/α-hetero) is 1. The van der Waals surface area contributed by atoms with E-state index in [1.165, 1.54) is 12.1 Å². The van der Waals surface area contributed by atoms with E-state index in [-0.39, 0.29) is 47.5 Å². The fourth-order valence-electron chi connectivity index (χ4n) is 5.40. The zero-order valence-electron chi connectivity index (χ0n) is 17.4. The Hall–Kier alpha value is -1.54. The average Bonchev–Trinajstić information content (AvgIpc) is 2.72. The monoisotopic (exact) mass is 437 g/mol. The van der Waals surface area contributed by atoms with Gasteiger partial charge in [0.1, 0.15) is 11.6 Å². The van der Waals surface area contributed by atoms with E-state index in [9.17, 15) is 14.0 Å². The van der Waals surface area contributed by atoms with E-state index < -0.39 is 5.82 Å². The number of nitrogens with zero attached hydrogens (tertiary/aromatic N) is 1. The number of benzene rings is 1. The van der Waals surface area contributed by atoms with Crippen LogP contribution < -0.4 is 10.6 Å². The molecule has 1 aliphatic carbocycles. The molecule has 1 saturated carbocycles. The van der Waals surface area contributed by atoms with Crippen molar-refractivity contribution in [1.29, 1.82) is 0 Å². The van der Waals surface area contributed by atoms with Crippen LogP contribution in [0.15, 0.2) is 18.2 Å². The lowest BCUT2D eigenvalue weighted by Gasteiger charge is -2.51. The minimum atomic E-state index is -0.570. The molecule has 164 valence electrons. The number of carbonyl (C=O) groups is 2. The molecule has 6 atom stereocenters. The molecule has 0 bridgehead atoms. The van der Waals surface area contributed by atoms with Gasteiger partial charge >= 0.3 is 0 Å². The Morgan fingerprint density at radius 1 is 1.37 bits per heavy atom. The number of ether oxygens (including phenoxy) is 1. The molecule has 2 heterocycles. The molecule has 0 radical (unpaired) electrons. The van der Waals surface area contributed by atoms with Crippen LogP contribution in [-0.4, -0.2) is 61.5 Å². The van der Waals surface area contributed by atoms with Crippen LogP contribution in [0.2, 0.25) is 5.02 Å². The summed E-state index contributed by atoms with van der Waals surface area (Å²) >= 11 is 5.69. The molecule has 3 aliphatic rings. The van der Waals surface area contributed by atoms with E-state index in [1.54, 1.807) is 13.2 Å². The fraction of sp³-hybridized carbons (Fsp3) is 0.636. The molecular weight excluding hydrogens is 409 g/mol. The zero-order chi connectivity index (χ0) is 21.4. The number of hydrogen-bond acceptors (Lipinski definition) is 5. The molecule has 4 rings (SSSR count). The summed E-state index contributed by atoms with van der Waals surface area (Å²) < 4.78 is 19.1. The topological polar surface area (TPSA) is 70.7 Å². The maximum atomic E-state index is 13.6. The highest BCUT2D eigenvalue weighted by Gasteiger charge is 2.49. The lowest BCUT2D eigenvalue weighted by Crippen LogP contribution is -2.66. The third-order valence-electron chi connectivity index (χ3n) is 6.94. The smallest absolute Gasteiger partial charge is 0.238 e. The number of amides is 1. The van der Waals surface area contributed by atoms with Crippen LogP contribution in [0.5, 0.6) is 0 Å². The lowest BCUT2D eigenvalue weighted by molar-refractivity contribution is -0.140. The Kier molecular flexibility index (Phi) is 6.44. The van der Waals surface area contributed by atoms with Crippen molar-refractivity contribution in [2.45, 2.75) is 44.4 Å². The second kappa shape index (κ2) is 8.91. The Balaban J connectivity index is 1.37. The maximum Gasteiger partial charge on any atom is 0.238 e. The lowest BCUT2D eigenvalue weighted by atomic mass is 9.66. The summed E-state index contributed by atoms with van der Waals surface area (Å²) in [4.78, 5) is 27.8. The predicted octanol–water partition coefficient (Wildman–Crippen LogP) is 2.71. The van der Waals surface area contributed by atoms with Gasteiger partial charge in [0, 0.05) is 49.8 Å². The Bertz CT molecular complexity index is 823. The molecule has 2 saturated heterocycles. The van der Waals surface area contributed by atoms with Crippen molar-refractivity contribution in [1.82, 2.24) is 10.2 Å². The second-order valence-corrected chi connectivity index (χ2v) is 9.33. The van der Waals surface area contributed by atoms with Crippen LogP contribution >= 0.6 is 11.6 Å². The highest BCUT2D eigenvalue weighted by molar-refractivity contribution is 6.30. The first kappa shape index (κ1) is 21.7. The quantitative estimate of drug-likeness (QED) is 0.757. The summed E-state index contributed by atoms with van der Waals surface area (Å²) in [6.45, 7) is 3.68. The standard InChI is InChI=1S/C22H29ClFN3O3/c1-12-7-14(30-2)9-15-21(12)26-19-5-6-27(10-16(19)22(15)29)11-20(28)25-13-3-4-17(23)18(24)8-13/h3-4,8,12,14-16,19,21,26H,5-7,9-11H2,1-2H3,(H,25,28). The number of likely N-dealkylation sites (tertiary alicyclic amines) is 1. The van der Waals surface area contributed by atoms with Gasteiger partial charge in [-0.15, -0.1) is 0 Å². The molecule has 2 N–H and O–H groups in total. The van der Waals surface area contributed by atoms with Crippen molar-refractivity contribution >= 4 is 29.0 Å². The van der Waals surface area contributed by atoms with Crippen LogP contribution in [0.25, 0.3) is 0 Å². The summed E-state index contributed by atoms with van der Waals surface area (Å²) in [7, 11) is 1.72. The normalized spacial score (nSPS) is 34.2. The predicted molar refractivity (Wildman–Crippen MR) is 113 cm³/mol. The van der Waals surface area contributed by atoms with Crippen molar-refractivity contribution in [3.63, 3.8) is 0 Å². The van der Waals surface area contributed by atoms with Crippen molar-refractivity contribution in [2.24, 2.45) is 17.8 Å². The fourth-order valence-corrected chi connectivity index (χ4v) is 5.52. The Morgan fingerprint density at radius 3 is 2.90 bits per heavy atom. The average molecular weight is 438 g/mol. The molecule has 6 nitrogen and oxygen atoms in total. The number of piperidine rings is 2. The van der Waals surface area contributed by atoms with Crippen molar-refractivity contribution in [3.05, 3.63) is 29.0 Å². The first-order valence-electron chi connectivity index (χ1n) is 10.7. The number of carbonyl (C=O) groups excluding carboxylic acids is 2. The van der Waals surface area contributed by atoms with Crippen LogP contribution in [0.1, 0.15) is 26.2 Å². The van der Waals surface area contributed by atoms with Gasteiger partial charge in [-0.1, -0.05) is 18.5 Å². The van der Waals surface area contributed by atoms with Gasteiger partial charge in [-0.25, -0.2) is 4.39 Å². The summed E-state index contributed by atoms with van der Waals surface area (Å²) in [5, 5.41) is 6.48. The number of rotatable bonds is 4. The third kappa shape index (κ3) is 4.40. The van der Waals surface area contributed by atoms with E-state index in [0.29, 0.717) is 23.9 Å². The largest absolute Gasteiger partial charge is 0.381 e. The van der Waals surface area contributed by atoms with Gasteiger partial charge < -0.3 is 15.4 Å². The number of anilines is 1. The van der Waals surface area contributed by atoms with Crippen LogP contribution in [0, 0.1) is 23.6 Å². The third-order valence-corrected chi connectivity index (χ3v) is 7.24. The van der Waals surface area contributed by atoms with Crippen molar-refractivity contribution in [3.8, 4) is 0 Å². The molecular formula is C22H29ClFN3O3. The molecule has 6 unspecified atom stereocenters. The molecule has 0 aromatic heterocycles. The van der Waals surface area contributed by atoms with Gasteiger partial charge in [0.25, 0.3) is 0 Å². The summed E-state index contributed by atoms with van der Waals surface area (Å²) in [5.74, 6) is -0.214. The highest BCUT2D eigenvalue weighted by Crippen LogP contribution is 2.39. The minimum absolute atomic E-state index is 0.0180. The Labute approximate surface area is 181 Å².